The fourth-order valence-corrected chi connectivity index (χ4v) is 2.55. The number of hydrogen-bond acceptors (Lipinski definition) is 6. The molecule has 2 heterocycles. The van der Waals surface area contributed by atoms with Crippen LogP contribution >= 0.6 is 11.3 Å². The Balaban J connectivity index is 1.52. The molecule has 6 nitrogen and oxygen atoms in total. The van der Waals surface area contributed by atoms with E-state index in [-0.39, 0.29) is 5.91 Å². The first-order valence-corrected chi connectivity index (χ1v) is 8.11. The summed E-state index contributed by atoms with van der Waals surface area (Å²) >= 11 is 1.29. The monoisotopic (exact) mass is 337 g/mol. The van der Waals surface area contributed by atoms with Crippen LogP contribution in [0, 0.1) is 0 Å². The number of nitrogens with zero attached hydrogens (tertiary/aromatic N) is 3. The molecule has 0 radical (unpaired) electrons. The second-order valence-electron chi connectivity index (χ2n) is 4.85. The number of hydrogen-bond donors (Lipinski definition) is 2. The molecule has 0 bridgehead atoms. The maximum atomic E-state index is 11.9. The molecule has 0 unspecified atom stereocenters. The maximum absolute atomic E-state index is 11.9. The Bertz CT molecular complexity index is 817. The van der Waals surface area contributed by atoms with Gasteiger partial charge in [0.15, 0.2) is 0 Å². The standard InChI is InChI=1S/C17H15N5OS/c23-15(7-6-13-4-2-1-3-5-13)20-17-22-21-16(24-17)19-12-14-8-10-18-11-9-14/h1-11H,12H2,(H,19,21)(H,20,22,23). The molecule has 24 heavy (non-hydrogen) atoms. The molecule has 2 N–H and O–H groups in total. The molecule has 2 aromatic heterocycles. The second-order valence-corrected chi connectivity index (χ2v) is 5.83. The van der Waals surface area contributed by atoms with Crippen molar-refractivity contribution < 1.29 is 4.79 Å². The van der Waals surface area contributed by atoms with Gasteiger partial charge in [0.1, 0.15) is 0 Å². The summed E-state index contributed by atoms with van der Waals surface area (Å²) in [6.07, 6.45) is 6.70. The third kappa shape index (κ3) is 4.72. The van der Waals surface area contributed by atoms with E-state index in [2.05, 4.69) is 25.8 Å². The van der Waals surface area contributed by atoms with Crippen LogP contribution in [-0.4, -0.2) is 21.1 Å². The summed E-state index contributed by atoms with van der Waals surface area (Å²) in [5, 5.41) is 14.9. The van der Waals surface area contributed by atoms with Gasteiger partial charge in [-0.2, -0.15) is 0 Å². The number of anilines is 2. The predicted octanol–water partition coefficient (Wildman–Crippen LogP) is 3.20. The molecule has 0 aliphatic carbocycles. The van der Waals surface area contributed by atoms with Gasteiger partial charge in [-0.25, -0.2) is 0 Å². The van der Waals surface area contributed by atoms with Crippen molar-refractivity contribution in [2.24, 2.45) is 0 Å². The lowest BCUT2D eigenvalue weighted by molar-refractivity contribution is -0.111. The smallest absolute Gasteiger partial charge is 0.250 e. The van der Waals surface area contributed by atoms with Crippen LogP contribution in [0.2, 0.25) is 0 Å². The van der Waals surface area contributed by atoms with E-state index in [1.54, 1.807) is 18.5 Å². The van der Waals surface area contributed by atoms with E-state index in [4.69, 9.17) is 0 Å². The van der Waals surface area contributed by atoms with Crippen LogP contribution in [0.15, 0.2) is 60.9 Å². The third-order valence-electron chi connectivity index (χ3n) is 3.07. The first kappa shape index (κ1) is 15.8. The van der Waals surface area contributed by atoms with Gasteiger partial charge in [0.2, 0.25) is 16.2 Å². The number of aromatic nitrogens is 3. The quantitative estimate of drug-likeness (QED) is 0.675. The SMILES string of the molecule is O=C(C=Cc1ccccc1)Nc1nnc(NCc2ccncc2)s1. The lowest BCUT2D eigenvalue weighted by atomic mass is 10.2. The van der Waals surface area contributed by atoms with E-state index >= 15 is 0 Å². The van der Waals surface area contributed by atoms with Gasteiger partial charge in [-0.3, -0.25) is 15.1 Å². The van der Waals surface area contributed by atoms with E-state index in [0.717, 1.165) is 11.1 Å². The van der Waals surface area contributed by atoms with E-state index in [1.807, 2.05) is 42.5 Å². The zero-order chi connectivity index (χ0) is 16.6. The number of pyridine rings is 1. The summed E-state index contributed by atoms with van der Waals surface area (Å²) in [7, 11) is 0. The first-order chi connectivity index (χ1) is 11.8. The molecule has 0 saturated carbocycles. The minimum absolute atomic E-state index is 0.240. The summed E-state index contributed by atoms with van der Waals surface area (Å²) in [5.74, 6) is -0.240. The molecule has 0 spiro atoms. The molecule has 0 saturated heterocycles. The summed E-state index contributed by atoms with van der Waals surface area (Å²) in [6, 6.07) is 13.5. The molecule has 1 amide bonds. The summed E-state index contributed by atoms with van der Waals surface area (Å²) in [6.45, 7) is 0.624. The Morgan fingerprint density at radius 2 is 1.79 bits per heavy atom. The van der Waals surface area contributed by atoms with Crippen LogP contribution in [0.5, 0.6) is 0 Å². The van der Waals surface area contributed by atoms with Crippen molar-refractivity contribution in [3.05, 3.63) is 72.1 Å². The average Bonchev–Trinajstić information content (AvgIpc) is 3.07. The van der Waals surface area contributed by atoms with E-state index < -0.39 is 0 Å². The molecule has 120 valence electrons. The zero-order valence-corrected chi connectivity index (χ0v) is 13.5. The van der Waals surface area contributed by atoms with E-state index in [0.29, 0.717) is 16.8 Å². The van der Waals surface area contributed by atoms with Gasteiger partial charge < -0.3 is 5.32 Å². The molecule has 3 aromatic rings. The number of nitrogens with one attached hydrogen (secondary N) is 2. The van der Waals surface area contributed by atoms with Gasteiger partial charge in [0, 0.05) is 25.0 Å². The minimum Gasteiger partial charge on any atom is -0.356 e. The largest absolute Gasteiger partial charge is 0.356 e. The molecule has 0 aliphatic heterocycles. The lowest BCUT2D eigenvalue weighted by Crippen LogP contribution is -2.07. The van der Waals surface area contributed by atoms with Crippen molar-refractivity contribution >= 4 is 33.6 Å². The Hall–Kier alpha value is -3.06. The van der Waals surface area contributed by atoms with Crippen LogP contribution < -0.4 is 10.6 Å². The molecular weight excluding hydrogens is 322 g/mol. The third-order valence-corrected chi connectivity index (χ3v) is 3.87. The minimum atomic E-state index is -0.240. The highest BCUT2D eigenvalue weighted by Crippen LogP contribution is 2.20. The first-order valence-electron chi connectivity index (χ1n) is 7.30. The van der Waals surface area contributed by atoms with Crippen LogP contribution in [0.3, 0.4) is 0 Å². The fraction of sp³-hybridized carbons (Fsp3) is 0.0588. The van der Waals surface area contributed by atoms with Crippen molar-refractivity contribution in [2.75, 3.05) is 10.6 Å². The molecular formula is C17H15N5OS. The number of carbonyl (C=O) groups excluding carboxylic acids is 1. The molecule has 1 aromatic carbocycles. The Morgan fingerprint density at radius 3 is 2.58 bits per heavy atom. The molecule has 0 atom stereocenters. The highest BCUT2D eigenvalue weighted by Gasteiger charge is 2.06. The van der Waals surface area contributed by atoms with Crippen LogP contribution in [0.25, 0.3) is 6.08 Å². The summed E-state index contributed by atoms with van der Waals surface area (Å²) < 4.78 is 0. The van der Waals surface area contributed by atoms with Crippen molar-refractivity contribution in [1.82, 2.24) is 15.2 Å². The number of carbonyl (C=O) groups is 1. The van der Waals surface area contributed by atoms with Crippen LogP contribution in [0.1, 0.15) is 11.1 Å². The van der Waals surface area contributed by atoms with Gasteiger partial charge in [-0.15, -0.1) is 10.2 Å². The highest BCUT2D eigenvalue weighted by molar-refractivity contribution is 7.19. The zero-order valence-electron chi connectivity index (χ0n) is 12.7. The van der Waals surface area contributed by atoms with Gasteiger partial charge >= 0.3 is 0 Å². The molecule has 3 rings (SSSR count). The highest BCUT2D eigenvalue weighted by atomic mass is 32.1. The number of rotatable bonds is 6. The van der Waals surface area contributed by atoms with Crippen molar-refractivity contribution in [3.63, 3.8) is 0 Å². The van der Waals surface area contributed by atoms with E-state index in [9.17, 15) is 4.79 Å². The van der Waals surface area contributed by atoms with Gasteiger partial charge in [0.25, 0.3) is 0 Å². The van der Waals surface area contributed by atoms with Gasteiger partial charge in [-0.1, -0.05) is 41.7 Å². The van der Waals surface area contributed by atoms with Crippen molar-refractivity contribution in [1.29, 1.82) is 0 Å². The number of benzene rings is 1. The Morgan fingerprint density at radius 1 is 1.04 bits per heavy atom. The van der Waals surface area contributed by atoms with Gasteiger partial charge in [0.05, 0.1) is 0 Å². The second kappa shape index (κ2) is 7.98. The summed E-state index contributed by atoms with van der Waals surface area (Å²) in [5.41, 5.74) is 2.06. The van der Waals surface area contributed by atoms with Crippen molar-refractivity contribution in [3.8, 4) is 0 Å². The van der Waals surface area contributed by atoms with Crippen LogP contribution in [-0.2, 0) is 11.3 Å². The topological polar surface area (TPSA) is 79.8 Å². The molecule has 0 aliphatic rings. The Labute approximate surface area is 143 Å². The molecule has 7 heteroatoms. The average molecular weight is 337 g/mol. The lowest BCUT2D eigenvalue weighted by Gasteiger charge is -2.00. The predicted molar refractivity (Wildman–Crippen MR) is 95.6 cm³/mol. The number of amides is 1. The van der Waals surface area contributed by atoms with Crippen LogP contribution in [0.4, 0.5) is 10.3 Å². The summed E-state index contributed by atoms with van der Waals surface area (Å²) in [4.78, 5) is 15.9. The molecule has 0 fully saturated rings. The van der Waals surface area contributed by atoms with Gasteiger partial charge in [-0.05, 0) is 29.3 Å². The van der Waals surface area contributed by atoms with Crippen molar-refractivity contribution in [2.45, 2.75) is 6.54 Å². The normalized spacial score (nSPS) is 10.7. The maximum Gasteiger partial charge on any atom is 0.250 e. The van der Waals surface area contributed by atoms with E-state index in [1.165, 1.54) is 17.4 Å². The Kier molecular flexibility index (Phi) is 5.26. The fourth-order valence-electron chi connectivity index (χ4n) is 1.91.